The van der Waals surface area contributed by atoms with Gasteiger partial charge in [-0.2, -0.15) is 0 Å². The highest BCUT2D eigenvalue weighted by Gasteiger charge is 2.08. The highest BCUT2D eigenvalue weighted by atomic mass is 16.5. The van der Waals surface area contributed by atoms with Gasteiger partial charge in [-0.15, -0.1) is 0 Å². The predicted octanol–water partition coefficient (Wildman–Crippen LogP) is 1.28. The van der Waals surface area contributed by atoms with Gasteiger partial charge in [-0.1, -0.05) is 5.16 Å². The second-order valence-corrected chi connectivity index (χ2v) is 3.48. The Morgan fingerprint density at radius 1 is 1.31 bits per heavy atom. The molecule has 84 valence electrons. The molecule has 6 nitrogen and oxygen atoms in total. The van der Waals surface area contributed by atoms with E-state index in [0.29, 0.717) is 18.2 Å². The molecule has 0 aliphatic heterocycles. The van der Waals surface area contributed by atoms with Gasteiger partial charge in [0.25, 0.3) is 0 Å². The molecular weight excluding hydrogens is 206 g/mol. The monoisotopic (exact) mass is 219 g/mol. The molecule has 16 heavy (non-hydrogen) atoms. The molecular formula is C10H13N5O. The van der Waals surface area contributed by atoms with Crippen molar-refractivity contribution >= 4 is 11.6 Å². The van der Waals surface area contributed by atoms with Crippen LogP contribution in [0.1, 0.15) is 17.0 Å². The normalized spacial score (nSPS) is 10.4. The molecule has 0 spiro atoms. The first-order chi connectivity index (χ1) is 7.66. The highest BCUT2D eigenvalue weighted by molar-refractivity contribution is 5.37. The molecule has 0 saturated carbocycles. The van der Waals surface area contributed by atoms with Gasteiger partial charge in [0.05, 0.1) is 18.1 Å². The van der Waals surface area contributed by atoms with Gasteiger partial charge in [0.15, 0.2) is 0 Å². The summed E-state index contributed by atoms with van der Waals surface area (Å²) in [6, 6.07) is 0. The zero-order valence-corrected chi connectivity index (χ0v) is 9.19. The van der Waals surface area contributed by atoms with Crippen molar-refractivity contribution in [2.45, 2.75) is 20.4 Å². The number of nitrogens with zero attached hydrogens (tertiary/aromatic N) is 3. The average molecular weight is 219 g/mol. The Kier molecular flexibility index (Phi) is 2.72. The van der Waals surface area contributed by atoms with Gasteiger partial charge in [-0.05, 0) is 13.8 Å². The Morgan fingerprint density at radius 2 is 2.12 bits per heavy atom. The van der Waals surface area contributed by atoms with Crippen LogP contribution in [0.3, 0.4) is 0 Å². The van der Waals surface area contributed by atoms with E-state index in [1.54, 1.807) is 6.20 Å². The predicted molar refractivity (Wildman–Crippen MR) is 59.7 cm³/mol. The van der Waals surface area contributed by atoms with Gasteiger partial charge in [0, 0.05) is 12.1 Å². The van der Waals surface area contributed by atoms with E-state index in [1.165, 1.54) is 6.20 Å². The van der Waals surface area contributed by atoms with Crippen LogP contribution in [0.5, 0.6) is 0 Å². The maximum Gasteiger partial charge on any atom is 0.144 e. The van der Waals surface area contributed by atoms with Crippen molar-refractivity contribution in [1.82, 2.24) is 15.1 Å². The molecule has 3 N–H and O–H groups in total. The minimum atomic E-state index is 0.405. The molecule has 2 rings (SSSR count). The number of rotatable bonds is 3. The summed E-state index contributed by atoms with van der Waals surface area (Å²) < 4.78 is 5.06. The Labute approximate surface area is 92.9 Å². The summed E-state index contributed by atoms with van der Waals surface area (Å²) in [6.45, 7) is 4.40. The van der Waals surface area contributed by atoms with Gasteiger partial charge >= 0.3 is 0 Å². The van der Waals surface area contributed by atoms with Crippen molar-refractivity contribution in [3.05, 3.63) is 29.4 Å². The van der Waals surface area contributed by atoms with Gasteiger partial charge < -0.3 is 15.6 Å². The van der Waals surface area contributed by atoms with Gasteiger partial charge in [0.1, 0.15) is 17.4 Å². The number of nitrogens with one attached hydrogen (secondary N) is 1. The molecule has 2 aromatic rings. The smallest absolute Gasteiger partial charge is 0.144 e. The molecule has 0 fully saturated rings. The summed E-state index contributed by atoms with van der Waals surface area (Å²) in [4.78, 5) is 8.03. The molecule has 0 unspecified atom stereocenters. The summed E-state index contributed by atoms with van der Waals surface area (Å²) in [7, 11) is 0. The van der Waals surface area contributed by atoms with E-state index >= 15 is 0 Å². The second-order valence-electron chi connectivity index (χ2n) is 3.48. The summed E-state index contributed by atoms with van der Waals surface area (Å²) in [5.41, 5.74) is 7.36. The SMILES string of the molecule is Cc1noc(C)c1CNc1cnc(N)cn1. The topological polar surface area (TPSA) is 89.9 Å². The van der Waals surface area contributed by atoms with Gasteiger partial charge in [0.2, 0.25) is 0 Å². The zero-order chi connectivity index (χ0) is 11.5. The lowest BCUT2D eigenvalue weighted by Gasteiger charge is -2.04. The maximum absolute atomic E-state index is 5.44. The van der Waals surface area contributed by atoms with Crippen LogP contribution in [-0.4, -0.2) is 15.1 Å². The largest absolute Gasteiger partial charge is 0.382 e. The third kappa shape index (κ3) is 2.10. The van der Waals surface area contributed by atoms with Crippen molar-refractivity contribution in [2.24, 2.45) is 0 Å². The summed E-state index contributed by atoms with van der Waals surface area (Å²) in [6.07, 6.45) is 3.10. The van der Waals surface area contributed by atoms with Crippen molar-refractivity contribution in [1.29, 1.82) is 0 Å². The third-order valence-corrected chi connectivity index (χ3v) is 2.30. The van der Waals surface area contributed by atoms with Crippen LogP contribution in [0.2, 0.25) is 0 Å². The van der Waals surface area contributed by atoms with Crippen LogP contribution in [-0.2, 0) is 6.54 Å². The minimum absolute atomic E-state index is 0.405. The number of nitrogen functional groups attached to an aromatic ring is 1. The number of nitrogens with two attached hydrogens (primary N) is 1. The fourth-order valence-corrected chi connectivity index (χ4v) is 1.36. The molecule has 2 heterocycles. The zero-order valence-electron chi connectivity index (χ0n) is 9.19. The van der Waals surface area contributed by atoms with E-state index < -0.39 is 0 Å². The first-order valence-corrected chi connectivity index (χ1v) is 4.90. The maximum atomic E-state index is 5.44. The third-order valence-electron chi connectivity index (χ3n) is 2.30. The van der Waals surface area contributed by atoms with Gasteiger partial charge in [-0.25, -0.2) is 9.97 Å². The van der Waals surface area contributed by atoms with Crippen LogP contribution < -0.4 is 11.1 Å². The van der Waals surface area contributed by atoms with E-state index in [9.17, 15) is 0 Å². The number of hydrogen-bond donors (Lipinski definition) is 2. The fourth-order valence-electron chi connectivity index (χ4n) is 1.36. The lowest BCUT2D eigenvalue weighted by molar-refractivity contribution is 0.392. The standard InChI is InChI=1S/C10H13N5O/c1-6-8(7(2)16-15-6)3-13-10-5-12-9(11)4-14-10/h4-5H,3H2,1-2H3,(H2,11,12)(H,13,14). The van der Waals surface area contributed by atoms with Crippen LogP contribution in [0, 0.1) is 13.8 Å². The molecule has 2 aromatic heterocycles. The van der Waals surface area contributed by atoms with E-state index in [0.717, 1.165) is 17.0 Å². The first-order valence-electron chi connectivity index (χ1n) is 4.90. The lowest BCUT2D eigenvalue weighted by Crippen LogP contribution is -2.04. The Morgan fingerprint density at radius 3 is 2.69 bits per heavy atom. The Balaban J connectivity index is 2.05. The number of aryl methyl sites for hydroxylation is 2. The number of aromatic nitrogens is 3. The number of hydrogen-bond acceptors (Lipinski definition) is 6. The fraction of sp³-hybridized carbons (Fsp3) is 0.300. The minimum Gasteiger partial charge on any atom is -0.382 e. The molecule has 0 atom stereocenters. The van der Waals surface area contributed by atoms with Crippen molar-refractivity contribution in [2.75, 3.05) is 11.1 Å². The van der Waals surface area contributed by atoms with E-state index in [1.807, 2.05) is 13.8 Å². The van der Waals surface area contributed by atoms with E-state index in [2.05, 4.69) is 20.4 Å². The highest BCUT2D eigenvalue weighted by Crippen LogP contribution is 2.13. The summed E-state index contributed by atoms with van der Waals surface area (Å²) in [5.74, 6) is 1.89. The molecule has 0 aliphatic carbocycles. The Bertz CT molecular complexity index is 457. The molecule has 0 amide bonds. The lowest BCUT2D eigenvalue weighted by atomic mass is 10.2. The van der Waals surface area contributed by atoms with Crippen molar-refractivity contribution < 1.29 is 4.52 Å². The molecule has 0 bridgehead atoms. The molecule has 0 aliphatic rings. The average Bonchev–Trinajstić information content (AvgIpc) is 2.59. The van der Waals surface area contributed by atoms with E-state index in [-0.39, 0.29) is 0 Å². The number of anilines is 2. The van der Waals surface area contributed by atoms with E-state index in [4.69, 9.17) is 10.3 Å². The van der Waals surface area contributed by atoms with Crippen LogP contribution in [0.25, 0.3) is 0 Å². The van der Waals surface area contributed by atoms with Crippen LogP contribution >= 0.6 is 0 Å². The van der Waals surface area contributed by atoms with Crippen LogP contribution in [0.15, 0.2) is 16.9 Å². The Hall–Kier alpha value is -2.11. The van der Waals surface area contributed by atoms with Crippen molar-refractivity contribution in [3.63, 3.8) is 0 Å². The molecule has 6 heteroatoms. The van der Waals surface area contributed by atoms with Gasteiger partial charge in [-0.3, -0.25) is 0 Å². The molecule has 0 saturated heterocycles. The van der Waals surface area contributed by atoms with Crippen LogP contribution in [0.4, 0.5) is 11.6 Å². The van der Waals surface area contributed by atoms with Crippen molar-refractivity contribution in [3.8, 4) is 0 Å². The summed E-state index contributed by atoms with van der Waals surface area (Å²) >= 11 is 0. The molecule has 0 radical (unpaired) electrons. The molecule has 0 aromatic carbocycles. The summed E-state index contributed by atoms with van der Waals surface area (Å²) in [5, 5.41) is 7.00. The quantitative estimate of drug-likeness (QED) is 0.808. The first kappa shape index (κ1) is 10.4. The second kappa shape index (κ2) is 4.18.